The molecule has 0 radical (unpaired) electrons. The molecule has 0 unspecified atom stereocenters. The highest BCUT2D eigenvalue weighted by atomic mass is 16.2. The number of carbonyl (C=O) groups is 1. The van der Waals surface area contributed by atoms with E-state index in [9.17, 15) is 4.79 Å². The van der Waals surface area contributed by atoms with Crippen molar-refractivity contribution in [3.05, 3.63) is 78.1 Å². The Morgan fingerprint density at radius 1 is 1.00 bits per heavy atom. The summed E-state index contributed by atoms with van der Waals surface area (Å²) in [6, 6.07) is 19.9. The monoisotopic (exact) mass is 399 g/mol. The largest absolute Gasteiger partial charge is 0.353 e. The zero-order valence-corrected chi connectivity index (χ0v) is 16.5. The minimum absolute atomic E-state index is 0.0356. The van der Waals surface area contributed by atoms with E-state index in [4.69, 9.17) is 0 Å². The number of benzene rings is 2. The van der Waals surface area contributed by atoms with Gasteiger partial charge >= 0.3 is 0 Å². The summed E-state index contributed by atoms with van der Waals surface area (Å²) in [6.07, 6.45) is 1.51. The van der Waals surface area contributed by atoms with Gasteiger partial charge in [0.15, 0.2) is 17.0 Å². The second-order valence-corrected chi connectivity index (χ2v) is 7.45. The third-order valence-corrected chi connectivity index (χ3v) is 5.47. The quantitative estimate of drug-likeness (QED) is 0.553. The lowest BCUT2D eigenvalue weighted by molar-refractivity contribution is -0.126. The first kappa shape index (κ1) is 18.2. The van der Waals surface area contributed by atoms with Crippen molar-refractivity contribution in [3.8, 4) is 0 Å². The van der Waals surface area contributed by atoms with E-state index in [1.165, 1.54) is 6.33 Å². The van der Waals surface area contributed by atoms with Gasteiger partial charge < -0.3 is 10.2 Å². The average molecular weight is 399 g/mol. The molecule has 2 aromatic heterocycles. The topological polar surface area (TPSA) is 88.8 Å². The van der Waals surface area contributed by atoms with Crippen molar-refractivity contribution >= 4 is 22.9 Å². The van der Waals surface area contributed by atoms with Crippen LogP contribution in [0.4, 0.5) is 5.82 Å². The van der Waals surface area contributed by atoms with Gasteiger partial charge in [-0.1, -0.05) is 65.9 Å². The second kappa shape index (κ2) is 7.55. The molecule has 1 amide bonds. The Kier molecular flexibility index (Phi) is 4.59. The third kappa shape index (κ3) is 3.26. The molecule has 2 aromatic carbocycles. The van der Waals surface area contributed by atoms with Gasteiger partial charge in [-0.2, -0.15) is 0 Å². The zero-order valence-electron chi connectivity index (χ0n) is 16.5. The van der Waals surface area contributed by atoms with Crippen molar-refractivity contribution in [2.24, 2.45) is 13.0 Å². The molecule has 1 saturated heterocycles. The summed E-state index contributed by atoms with van der Waals surface area (Å²) in [5.74, 6) is 0.648. The zero-order chi connectivity index (χ0) is 20.5. The highest BCUT2D eigenvalue weighted by molar-refractivity contribution is 5.87. The molecule has 8 heteroatoms. The number of amides is 1. The molecule has 1 aliphatic heterocycles. The van der Waals surface area contributed by atoms with Crippen LogP contribution in [0.5, 0.6) is 0 Å². The third-order valence-electron chi connectivity index (χ3n) is 5.47. The minimum Gasteiger partial charge on any atom is -0.353 e. The van der Waals surface area contributed by atoms with Gasteiger partial charge in [0.05, 0.1) is 12.0 Å². The van der Waals surface area contributed by atoms with Gasteiger partial charge in [-0.3, -0.25) is 4.79 Å². The summed E-state index contributed by atoms with van der Waals surface area (Å²) in [5, 5.41) is 11.4. The van der Waals surface area contributed by atoms with Crippen molar-refractivity contribution in [2.75, 3.05) is 18.0 Å². The van der Waals surface area contributed by atoms with Gasteiger partial charge in [0.2, 0.25) is 5.91 Å². The number of hydrogen-bond acceptors (Lipinski definition) is 6. The predicted octanol–water partition coefficient (Wildman–Crippen LogP) is 2.10. The van der Waals surface area contributed by atoms with E-state index >= 15 is 0 Å². The van der Waals surface area contributed by atoms with Crippen LogP contribution in [-0.4, -0.2) is 44.0 Å². The lowest BCUT2D eigenvalue weighted by Gasteiger charge is -2.39. The highest BCUT2D eigenvalue weighted by Crippen LogP contribution is 2.29. The Hall–Kier alpha value is -3.81. The van der Waals surface area contributed by atoms with Gasteiger partial charge in [-0.25, -0.2) is 14.6 Å². The molecule has 150 valence electrons. The van der Waals surface area contributed by atoms with Gasteiger partial charge in [-0.15, -0.1) is 5.10 Å². The number of hydrogen-bond donors (Lipinski definition) is 1. The summed E-state index contributed by atoms with van der Waals surface area (Å²) in [5.41, 5.74) is 3.46. The lowest BCUT2D eigenvalue weighted by Crippen LogP contribution is -2.54. The number of nitrogens with one attached hydrogen (secondary N) is 1. The van der Waals surface area contributed by atoms with E-state index in [0.717, 1.165) is 16.9 Å². The minimum atomic E-state index is -0.181. The second-order valence-electron chi connectivity index (χ2n) is 7.45. The molecule has 1 aliphatic rings. The Bertz CT molecular complexity index is 1130. The van der Waals surface area contributed by atoms with Gasteiger partial charge in [0, 0.05) is 20.1 Å². The fraction of sp³-hybridized carbons (Fsp3) is 0.227. The van der Waals surface area contributed by atoms with Crippen LogP contribution in [0, 0.1) is 5.92 Å². The van der Waals surface area contributed by atoms with Crippen molar-refractivity contribution < 1.29 is 4.79 Å². The van der Waals surface area contributed by atoms with E-state index in [1.54, 1.807) is 11.7 Å². The lowest BCUT2D eigenvalue weighted by atomic mass is 9.95. The maximum absolute atomic E-state index is 13.0. The molecule has 0 atom stereocenters. The highest BCUT2D eigenvalue weighted by Gasteiger charge is 2.36. The molecule has 0 spiro atoms. The first-order valence-corrected chi connectivity index (χ1v) is 9.86. The average Bonchev–Trinajstić information content (AvgIpc) is 3.14. The number of fused-ring (bicyclic) bond motifs is 1. The summed E-state index contributed by atoms with van der Waals surface area (Å²) < 4.78 is 1.62. The number of aromatic nitrogens is 5. The Balaban J connectivity index is 1.32. The van der Waals surface area contributed by atoms with Crippen LogP contribution in [0.25, 0.3) is 11.2 Å². The first-order valence-electron chi connectivity index (χ1n) is 9.86. The summed E-state index contributed by atoms with van der Waals surface area (Å²) in [7, 11) is 1.80. The molecule has 5 rings (SSSR count). The molecule has 1 N–H and O–H groups in total. The summed E-state index contributed by atoms with van der Waals surface area (Å²) >= 11 is 0. The molecule has 8 nitrogen and oxygen atoms in total. The van der Waals surface area contributed by atoms with Gasteiger partial charge in [0.1, 0.15) is 6.33 Å². The summed E-state index contributed by atoms with van der Waals surface area (Å²) in [4.78, 5) is 23.7. The molecule has 1 fully saturated rings. The van der Waals surface area contributed by atoms with E-state index in [0.29, 0.717) is 24.3 Å². The van der Waals surface area contributed by atoms with Crippen molar-refractivity contribution in [1.82, 2.24) is 30.3 Å². The van der Waals surface area contributed by atoms with Crippen LogP contribution in [0.2, 0.25) is 0 Å². The molecule has 0 bridgehead atoms. The SMILES string of the molecule is Cn1nnc2c(N3CC(C(=O)NC(c4ccccc4)c4ccccc4)C3)ncnc21. The number of aryl methyl sites for hydroxylation is 1. The van der Waals surface area contributed by atoms with Crippen LogP contribution in [0.3, 0.4) is 0 Å². The Morgan fingerprint density at radius 2 is 1.63 bits per heavy atom. The van der Waals surface area contributed by atoms with E-state index < -0.39 is 0 Å². The van der Waals surface area contributed by atoms with Gasteiger partial charge in [0.25, 0.3) is 0 Å². The molecule has 4 aromatic rings. The van der Waals surface area contributed by atoms with Crippen molar-refractivity contribution in [3.63, 3.8) is 0 Å². The summed E-state index contributed by atoms with van der Waals surface area (Å²) in [6.45, 7) is 1.18. The molecular formula is C22H21N7O. The van der Waals surface area contributed by atoms with Crippen molar-refractivity contribution in [1.29, 1.82) is 0 Å². The molecule has 3 heterocycles. The van der Waals surface area contributed by atoms with Crippen LogP contribution < -0.4 is 10.2 Å². The van der Waals surface area contributed by atoms with Crippen LogP contribution in [-0.2, 0) is 11.8 Å². The van der Waals surface area contributed by atoms with Crippen LogP contribution in [0.15, 0.2) is 67.0 Å². The predicted molar refractivity (Wildman–Crippen MR) is 113 cm³/mol. The van der Waals surface area contributed by atoms with Crippen LogP contribution in [0.1, 0.15) is 17.2 Å². The first-order chi connectivity index (χ1) is 14.7. The maximum Gasteiger partial charge on any atom is 0.227 e. The molecule has 0 saturated carbocycles. The molecule has 30 heavy (non-hydrogen) atoms. The molecule has 0 aliphatic carbocycles. The standard InChI is InChI=1S/C22H21N7O/c1-28-20-19(26-27-28)21(24-14-23-20)29-12-17(13-29)22(30)25-18(15-8-4-2-5-9-15)16-10-6-3-7-11-16/h2-11,14,17-18H,12-13H2,1H3,(H,25,30). The smallest absolute Gasteiger partial charge is 0.227 e. The Labute approximate surface area is 173 Å². The fourth-order valence-electron chi connectivity index (χ4n) is 3.80. The van der Waals surface area contributed by atoms with Gasteiger partial charge in [-0.05, 0) is 11.1 Å². The van der Waals surface area contributed by atoms with Crippen LogP contribution >= 0.6 is 0 Å². The number of carbonyl (C=O) groups excluding carboxylic acids is 1. The number of anilines is 1. The molecular weight excluding hydrogens is 378 g/mol. The van der Waals surface area contributed by atoms with E-state index in [1.807, 2.05) is 65.6 Å². The van der Waals surface area contributed by atoms with E-state index in [2.05, 4.69) is 25.6 Å². The van der Waals surface area contributed by atoms with E-state index in [-0.39, 0.29) is 17.9 Å². The Morgan fingerprint density at radius 3 is 2.27 bits per heavy atom. The van der Waals surface area contributed by atoms with Crippen molar-refractivity contribution in [2.45, 2.75) is 6.04 Å². The fourth-order valence-corrected chi connectivity index (χ4v) is 3.80. The number of rotatable bonds is 5. The normalized spacial score (nSPS) is 14.1. The number of nitrogens with zero attached hydrogens (tertiary/aromatic N) is 6. The maximum atomic E-state index is 13.0.